The third kappa shape index (κ3) is 4.47. The van der Waals surface area contributed by atoms with Crippen LogP contribution in [0.1, 0.15) is 36.2 Å². The van der Waals surface area contributed by atoms with Gasteiger partial charge >= 0.3 is 5.97 Å². The van der Waals surface area contributed by atoms with Crippen molar-refractivity contribution in [1.29, 1.82) is 0 Å². The number of hydrogen-bond acceptors (Lipinski definition) is 3. The molecule has 0 saturated heterocycles. The summed E-state index contributed by atoms with van der Waals surface area (Å²) in [5.74, 6) is -0.453. The summed E-state index contributed by atoms with van der Waals surface area (Å²) in [5.41, 5.74) is 1.35. The van der Waals surface area contributed by atoms with Gasteiger partial charge in [0.1, 0.15) is 0 Å². The lowest BCUT2D eigenvalue weighted by molar-refractivity contribution is 0.0697. The first-order chi connectivity index (χ1) is 8.54. The molecule has 0 aromatic heterocycles. The summed E-state index contributed by atoms with van der Waals surface area (Å²) in [6.45, 7) is 5.08. The molecule has 1 aromatic rings. The van der Waals surface area contributed by atoms with Gasteiger partial charge in [0, 0.05) is 19.2 Å². The van der Waals surface area contributed by atoms with Gasteiger partial charge in [-0.15, -0.1) is 0 Å². The Labute approximate surface area is 108 Å². The number of aromatic carboxylic acids is 1. The average Bonchev–Trinajstić information content (AvgIpc) is 2.34. The molecule has 0 spiro atoms. The highest BCUT2D eigenvalue weighted by Gasteiger charge is 2.11. The minimum Gasteiger partial charge on any atom is -0.478 e. The minimum absolute atomic E-state index is 0.174. The Morgan fingerprint density at radius 2 is 1.89 bits per heavy atom. The third-order valence-corrected chi connectivity index (χ3v) is 3.01. The lowest BCUT2D eigenvalue weighted by Crippen LogP contribution is -2.34. The van der Waals surface area contributed by atoms with Crippen molar-refractivity contribution in [3.05, 3.63) is 35.4 Å². The van der Waals surface area contributed by atoms with Crippen molar-refractivity contribution in [2.75, 3.05) is 6.61 Å². The summed E-state index contributed by atoms with van der Waals surface area (Å²) < 4.78 is 0. The molecule has 0 fully saturated rings. The van der Waals surface area contributed by atoms with Crippen LogP contribution in [0.4, 0.5) is 0 Å². The molecule has 0 amide bonds. The van der Waals surface area contributed by atoms with Gasteiger partial charge in [0.2, 0.25) is 0 Å². The Balaban J connectivity index is 2.54. The molecule has 100 valence electrons. The average molecular weight is 251 g/mol. The molecule has 1 atom stereocenters. The van der Waals surface area contributed by atoms with Gasteiger partial charge in [0.15, 0.2) is 0 Å². The van der Waals surface area contributed by atoms with Crippen LogP contribution in [0.25, 0.3) is 0 Å². The smallest absolute Gasteiger partial charge is 0.335 e. The molecule has 18 heavy (non-hydrogen) atoms. The topological polar surface area (TPSA) is 69.6 Å². The van der Waals surface area contributed by atoms with Crippen LogP contribution in [0.15, 0.2) is 24.3 Å². The number of rotatable bonds is 7. The third-order valence-electron chi connectivity index (χ3n) is 3.01. The summed E-state index contributed by atoms with van der Waals surface area (Å²) >= 11 is 0. The van der Waals surface area contributed by atoms with Crippen molar-refractivity contribution < 1.29 is 15.0 Å². The molecule has 0 bridgehead atoms. The van der Waals surface area contributed by atoms with Crippen LogP contribution in [-0.2, 0) is 6.54 Å². The summed E-state index contributed by atoms with van der Waals surface area (Å²) in [5, 5.41) is 21.1. The number of carboxylic acids is 1. The van der Waals surface area contributed by atoms with Crippen LogP contribution in [0.5, 0.6) is 0 Å². The normalized spacial score (nSPS) is 12.7. The number of hydrogen-bond donors (Lipinski definition) is 3. The molecule has 1 unspecified atom stereocenters. The Morgan fingerprint density at radius 3 is 2.33 bits per heavy atom. The van der Waals surface area contributed by atoms with Gasteiger partial charge in [-0.1, -0.05) is 26.0 Å². The zero-order chi connectivity index (χ0) is 13.5. The largest absolute Gasteiger partial charge is 0.478 e. The van der Waals surface area contributed by atoms with Crippen molar-refractivity contribution in [1.82, 2.24) is 5.32 Å². The van der Waals surface area contributed by atoms with Gasteiger partial charge in [-0.2, -0.15) is 0 Å². The van der Waals surface area contributed by atoms with Crippen molar-refractivity contribution >= 4 is 5.97 Å². The molecule has 0 heterocycles. The van der Waals surface area contributed by atoms with E-state index in [4.69, 9.17) is 10.2 Å². The van der Waals surface area contributed by atoms with Crippen LogP contribution in [-0.4, -0.2) is 28.8 Å². The van der Waals surface area contributed by atoms with Gasteiger partial charge in [-0.25, -0.2) is 4.79 Å². The Morgan fingerprint density at radius 1 is 1.28 bits per heavy atom. The molecule has 0 aliphatic heterocycles. The van der Waals surface area contributed by atoms with E-state index in [-0.39, 0.29) is 12.6 Å². The Bertz CT molecular complexity index is 373. The van der Waals surface area contributed by atoms with E-state index in [0.29, 0.717) is 18.0 Å². The Kier molecular flexibility index (Phi) is 5.82. The molecule has 3 N–H and O–H groups in total. The van der Waals surface area contributed by atoms with Crippen molar-refractivity contribution in [3.8, 4) is 0 Å². The predicted molar refractivity (Wildman–Crippen MR) is 70.6 cm³/mol. The number of aliphatic hydroxyl groups excluding tert-OH is 1. The number of carbonyl (C=O) groups is 1. The summed E-state index contributed by atoms with van der Waals surface area (Å²) in [6, 6.07) is 7.11. The summed E-state index contributed by atoms with van der Waals surface area (Å²) in [6.07, 6.45) is 0.727. The number of aliphatic hydroxyl groups is 1. The van der Waals surface area contributed by atoms with Crippen LogP contribution >= 0.6 is 0 Å². The first-order valence-electron chi connectivity index (χ1n) is 6.21. The standard InChI is InChI=1S/C14H21NO3/c1-10(2)13(7-8-16)15-9-11-3-5-12(6-4-11)14(17)18/h3-6,10,13,15-16H,7-9H2,1-2H3,(H,17,18). The molecule has 1 aromatic carbocycles. The van der Waals surface area contributed by atoms with E-state index >= 15 is 0 Å². The van der Waals surface area contributed by atoms with E-state index in [2.05, 4.69) is 19.2 Å². The minimum atomic E-state index is -0.908. The first-order valence-corrected chi connectivity index (χ1v) is 6.21. The fourth-order valence-corrected chi connectivity index (χ4v) is 1.82. The van der Waals surface area contributed by atoms with E-state index in [1.165, 1.54) is 0 Å². The van der Waals surface area contributed by atoms with E-state index in [1.807, 2.05) is 12.1 Å². The second-order valence-electron chi connectivity index (χ2n) is 4.75. The molecule has 4 heteroatoms. The quantitative estimate of drug-likeness (QED) is 0.692. The molecule has 0 saturated carbocycles. The highest BCUT2D eigenvalue weighted by molar-refractivity contribution is 5.87. The molecule has 0 radical (unpaired) electrons. The van der Waals surface area contributed by atoms with Crippen LogP contribution < -0.4 is 5.32 Å². The highest BCUT2D eigenvalue weighted by atomic mass is 16.4. The van der Waals surface area contributed by atoms with Crippen molar-refractivity contribution in [2.45, 2.75) is 32.9 Å². The monoisotopic (exact) mass is 251 g/mol. The molecule has 1 rings (SSSR count). The molecular weight excluding hydrogens is 230 g/mol. The van der Waals surface area contributed by atoms with E-state index in [1.54, 1.807) is 12.1 Å². The lowest BCUT2D eigenvalue weighted by Gasteiger charge is -2.21. The predicted octanol–water partition coefficient (Wildman–Crippen LogP) is 1.88. The lowest BCUT2D eigenvalue weighted by atomic mass is 10.0. The number of benzene rings is 1. The first kappa shape index (κ1) is 14.7. The van der Waals surface area contributed by atoms with Crippen LogP contribution in [0.2, 0.25) is 0 Å². The van der Waals surface area contributed by atoms with Gasteiger partial charge in [-0.3, -0.25) is 0 Å². The summed E-state index contributed by atoms with van der Waals surface area (Å²) in [7, 11) is 0. The molecular formula is C14H21NO3. The van der Waals surface area contributed by atoms with E-state index in [9.17, 15) is 4.79 Å². The maximum absolute atomic E-state index is 10.7. The summed E-state index contributed by atoms with van der Waals surface area (Å²) in [4.78, 5) is 10.7. The van der Waals surface area contributed by atoms with Crippen LogP contribution in [0.3, 0.4) is 0 Å². The second-order valence-corrected chi connectivity index (χ2v) is 4.75. The van der Waals surface area contributed by atoms with Gasteiger partial charge in [0.05, 0.1) is 5.56 Å². The van der Waals surface area contributed by atoms with Gasteiger partial charge in [-0.05, 0) is 30.0 Å². The Hall–Kier alpha value is -1.39. The molecule has 0 aliphatic rings. The number of carboxylic acid groups (broad SMARTS) is 1. The molecule has 0 aliphatic carbocycles. The fraction of sp³-hybridized carbons (Fsp3) is 0.500. The maximum atomic E-state index is 10.7. The SMILES string of the molecule is CC(C)C(CCO)NCc1ccc(C(=O)O)cc1. The van der Waals surface area contributed by atoms with Gasteiger partial charge in [0.25, 0.3) is 0 Å². The fourth-order valence-electron chi connectivity index (χ4n) is 1.82. The van der Waals surface area contributed by atoms with Crippen LogP contribution in [0, 0.1) is 5.92 Å². The van der Waals surface area contributed by atoms with E-state index in [0.717, 1.165) is 12.0 Å². The molecule has 4 nitrogen and oxygen atoms in total. The number of nitrogens with one attached hydrogen (secondary N) is 1. The maximum Gasteiger partial charge on any atom is 0.335 e. The zero-order valence-corrected chi connectivity index (χ0v) is 10.9. The zero-order valence-electron chi connectivity index (χ0n) is 10.9. The highest BCUT2D eigenvalue weighted by Crippen LogP contribution is 2.09. The van der Waals surface area contributed by atoms with Crippen molar-refractivity contribution in [3.63, 3.8) is 0 Å². The van der Waals surface area contributed by atoms with Gasteiger partial charge < -0.3 is 15.5 Å². The second kappa shape index (κ2) is 7.13. The van der Waals surface area contributed by atoms with Crippen molar-refractivity contribution in [2.24, 2.45) is 5.92 Å². The van der Waals surface area contributed by atoms with E-state index < -0.39 is 5.97 Å².